The highest BCUT2D eigenvalue weighted by atomic mass is 35.5. The van der Waals surface area contributed by atoms with Crippen molar-refractivity contribution in [3.63, 3.8) is 0 Å². The van der Waals surface area contributed by atoms with Crippen molar-refractivity contribution in [2.24, 2.45) is 0 Å². The first kappa shape index (κ1) is 13.0. The first-order chi connectivity index (χ1) is 7.36. The third-order valence-corrected chi connectivity index (χ3v) is 2.84. The van der Waals surface area contributed by atoms with Crippen molar-refractivity contribution in [2.75, 3.05) is 13.1 Å². The van der Waals surface area contributed by atoms with E-state index >= 15 is 0 Å². The van der Waals surface area contributed by atoms with Gasteiger partial charge in [0, 0.05) is 31.9 Å². The van der Waals surface area contributed by atoms with Crippen molar-refractivity contribution in [1.29, 1.82) is 0 Å². The summed E-state index contributed by atoms with van der Waals surface area (Å²) < 4.78 is 0. The zero-order valence-electron chi connectivity index (χ0n) is 9.26. The number of aromatic nitrogens is 1. The lowest BCUT2D eigenvalue weighted by atomic mass is 10.1. The average Bonchev–Trinajstić information content (AvgIpc) is 2.81. The Kier molecular flexibility index (Phi) is 5.26. The van der Waals surface area contributed by atoms with Crippen molar-refractivity contribution >= 4 is 18.3 Å². The summed E-state index contributed by atoms with van der Waals surface area (Å²) >= 11 is 0. The van der Waals surface area contributed by atoms with Crippen molar-refractivity contribution in [3.8, 4) is 0 Å². The molecule has 1 aliphatic heterocycles. The minimum absolute atomic E-state index is 0. The molecule has 0 radical (unpaired) electrons. The Morgan fingerprint density at radius 1 is 1.25 bits per heavy atom. The summed E-state index contributed by atoms with van der Waals surface area (Å²) in [6.45, 7) is 1.91. The van der Waals surface area contributed by atoms with Gasteiger partial charge < -0.3 is 4.90 Å². The fourth-order valence-corrected chi connectivity index (χ4v) is 1.93. The molecule has 88 valence electrons. The highest BCUT2D eigenvalue weighted by Crippen LogP contribution is 2.10. The number of likely N-dealkylation sites (tertiary alicyclic amines) is 1. The molecule has 0 aliphatic carbocycles. The molecule has 0 aromatic carbocycles. The van der Waals surface area contributed by atoms with E-state index in [1.54, 1.807) is 12.4 Å². The molecule has 4 heteroatoms. The van der Waals surface area contributed by atoms with Gasteiger partial charge in [0.2, 0.25) is 5.91 Å². The Morgan fingerprint density at radius 3 is 2.50 bits per heavy atom. The van der Waals surface area contributed by atoms with Crippen LogP contribution in [0.25, 0.3) is 0 Å². The molecule has 16 heavy (non-hydrogen) atoms. The normalized spacial score (nSPS) is 14.6. The maximum Gasteiger partial charge on any atom is 0.222 e. The second-order valence-corrected chi connectivity index (χ2v) is 3.94. The molecule has 1 aromatic rings. The number of halogens is 1. The molecule has 3 nitrogen and oxygen atoms in total. The number of pyridine rings is 1. The molecule has 2 rings (SSSR count). The fraction of sp³-hybridized carbons (Fsp3) is 0.500. The van der Waals surface area contributed by atoms with E-state index in [9.17, 15) is 4.79 Å². The maximum absolute atomic E-state index is 11.7. The summed E-state index contributed by atoms with van der Waals surface area (Å²) in [5.74, 6) is 0.296. The average molecular weight is 241 g/mol. The summed E-state index contributed by atoms with van der Waals surface area (Å²) in [6.07, 6.45) is 7.34. The second kappa shape index (κ2) is 6.48. The standard InChI is InChI=1S/C12H16N2O.ClH/c15-12(14-9-1-2-10-14)4-3-11-5-7-13-8-6-11;/h5-8H,1-4,9-10H2;1H. The maximum atomic E-state index is 11.7. The highest BCUT2D eigenvalue weighted by molar-refractivity contribution is 5.85. The molecule has 0 spiro atoms. The molecular weight excluding hydrogens is 224 g/mol. The zero-order chi connectivity index (χ0) is 10.5. The number of aryl methyl sites for hydroxylation is 1. The van der Waals surface area contributed by atoms with Crippen LogP contribution in [0.3, 0.4) is 0 Å². The lowest BCUT2D eigenvalue weighted by molar-refractivity contribution is -0.130. The van der Waals surface area contributed by atoms with E-state index in [1.807, 2.05) is 17.0 Å². The van der Waals surface area contributed by atoms with Crippen LogP contribution in [0.1, 0.15) is 24.8 Å². The van der Waals surface area contributed by atoms with Gasteiger partial charge in [0.15, 0.2) is 0 Å². The number of amides is 1. The minimum atomic E-state index is 0. The number of rotatable bonds is 3. The van der Waals surface area contributed by atoms with E-state index < -0.39 is 0 Å². The molecule has 1 saturated heterocycles. The molecule has 1 aliphatic rings. The van der Waals surface area contributed by atoms with Crippen molar-refractivity contribution in [1.82, 2.24) is 9.88 Å². The highest BCUT2D eigenvalue weighted by Gasteiger charge is 2.16. The Hall–Kier alpha value is -1.09. The smallest absolute Gasteiger partial charge is 0.222 e. The van der Waals surface area contributed by atoms with E-state index in [1.165, 1.54) is 18.4 Å². The largest absolute Gasteiger partial charge is 0.343 e. The predicted octanol–water partition coefficient (Wildman–Crippen LogP) is 2.06. The van der Waals surface area contributed by atoms with Gasteiger partial charge in [0.25, 0.3) is 0 Å². The van der Waals surface area contributed by atoms with Gasteiger partial charge in [-0.1, -0.05) is 0 Å². The molecule has 1 aromatic heterocycles. The zero-order valence-corrected chi connectivity index (χ0v) is 10.1. The van der Waals surface area contributed by atoms with E-state index in [4.69, 9.17) is 0 Å². The summed E-state index contributed by atoms with van der Waals surface area (Å²) in [5, 5.41) is 0. The van der Waals surface area contributed by atoms with Crippen molar-refractivity contribution in [3.05, 3.63) is 30.1 Å². The van der Waals surface area contributed by atoms with Gasteiger partial charge in [-0.2, -0.15) is 0 Å². The molecule has 1 amide bonds. The first-order valence-corrected chi connectivity index (χ1v) is 5.53. The SMILES string of the molecule is Cl.O=C(CCc1ccncc1)N1CCCC1. The van der Waals surface area contributed by atoms with Gasteiger partial charge in [-0.3, -0.25) is 9.78 Å². The van der Waals surface area contributed by atoms with Crippen LogP contribution < -0.4 is 0 Å². The summed E-state index contributed by atoms with van der Waals surface area (Å²) in [5.41, 5.74) is 1.19. The van der Waals surface area contributed by atoms with E-state index in [0.29, 0.717) is 12.3 Å². The molecule has 0 bridgehead atoms. The second-order valence-electron chi connectivity index (χ2n) is 3.94. The van der Waals surface area contributed by atoms with Gasteiger partial charge in [-0.25, -0.2) is 0 Å². The lowest BCUT2D eigenvalue weighted by Crippen LogP contribution is -2.27. The molecule has 0 saturated carbocycles. The molecule has 2 heterocycles. The van der Waals surface area contributed by atoms with Crippen LogP contribution >= 0.6 is 12.4 Å². The van der Waals surface area contributed by atoms with E-state index in [0.717, 1.165) is 19.5 Å². The van der Waals surface area contributed by atoms with Crippen LogP contribution in [0.2, 0.25) is 0 Å². The van der Waals surface area contributed by atoms with Crippen LogP contribution in [0.5, 0.6) is 0 Å². The summed E-state index contributed by atoms with van der Waals surface area (Å²) in [6, 6.07) is 3.94. The van der Waals surface area contributed by atoms with Crippen LogP contribution in [0.4, 0.5) is 0 Å². The van der Waals surface area contributed by atoms with Crippen LogP contribution in [0, 0.1) is 0 Å². The van der Waals surface area contributed by atoms with Gasteiger partial charge in [0.1, 0.15) is 0 Å². The molecular formula is C12H17ClN2O. The van der Waals surface area contributed by atoms with Gasteiger partial charge in [0.05, 0.1) is 0 Å². The van der Waals surface area contributed by atoms with Crippen molar-refractivity contribution < 1.29 is 4.79 Å². The number of carbonyl (C=O) groups excluding carboxylic acids is 1. The Bertz CT molecular complexity index is 323. The third kappa shape index (κ3) is 3.49. The van der Waals surface area contributed by atoms with E-state index in [2.05, 4.69) is 4.98 Å². The number of nitrogens with zero attached hydrogens (tertiary/aromatic N) is 2. The number of hydrogen-bond donors (Lipinski definition) is 0. The monoisotopic (exact) mass is 240 g/mol. The number of hydrogen-bond acceptors (Lipinski definition) is 2. The van der Waals surface area contributed by atoms with Gasteiger partial charge in [-0.05, 0) is 37.0 Å². The molecule has 0 atom stereocenters. The third-order valence-electron chi connectivity index (χ3n) is 2.84. The molecule has 0 N–H and O–H groups in total. The number of carbonyl (C=O) groups is 1. The lowest BCUT2D eigenvalue weighted by Gasteiger charge is -2.14. The van der Waals surface area contributed by atoms with Crippen LogP contribution in [-0.2, 0) is 11.2 Å². The summed E-state index contributed by atoms with van der Waals surface area (Å²) in [7, 11) is 0. The van der Waals surface area contributed by atoms with Gasteiger partial charge in [-0.15, -0.1) is 12.4 Å². The summed E-state index contributed by atoms with van der Waals surface area (Å²) in [4.78, 5) is 17.7. The first-order valence-electron chi connectivity index (χ1n) is 5.53. The topological polar surface area (TPSA) is 33.2 Å². The minimum Gasteiger partial charge on any atom is -0.343 e. The fourth-order valence-electron chi connectivity index (χ4n) is 1.93. The van der Waals surface area contributed by atoms with Gasteiger partial charge >= 0.3 is 0 Å². The molecule has 1 fully saturated rings. The Balaban J connectivity index is 0.00000128. The van der Waals surface area contributed by atoms with Crippen LogP contribution in [-0.4, -0.2) is 28.9 Å². The Morgan fingerprint density at radius 2 is 1.88 bits per heavy atom. The van der Waals surface area contributed by atoms with Crippen molar-refractivity contribution in [2.45, 2.75) is 25.7 Å². The Labute approximate surface area is 102 Å². The predicted molar refractivity (Wildman–Crippen MR) is 65.6 cm³/mol. The quantitative estimate of drug-likeness (QED) is 0.810. The van der Waals surface area contributed by atoms with Crippen LogP contribution in [0.15, 0.2) is 24.5 Å². The molecule has 0 unspecified atom stereocenters. The van der Waals surface area contributed by atoms with E-state index in [-0.39, 0.29) is 12.4 Å².